The number of hydrogen-bond acceptors (Lipinski definition) is 1. The Morgan fingerprint density at radius 3 is 2.30 bits per heavy atom. The minimum absolute atomic E-state index is 0.374. The molecule has 0 heterocycles. The SMILES string of the molecule is C=C(CCC)N(CC(C)C(C)(C)CC/C=C/C)C(C)C. The van der Waals surface area contributed by atoms with E-state index in [9.17, 15) is 0 Å². The predicted octanol–water partition coefficient (Wildman–Crippen LogP) is 6.03. The number of hydrogen-bond donors (Lipinski definition) is 0. The summed E-state index contributed by atoms with van der Waals surface area (Å²) in [5.41, 5.74) is 1.68. The molecule has 0 N–H and O–H groups in total. The van der Waals surface area contributed by atoms with Crippen molar-refractivity contribution in [1.82, 2.24) is 4.90 Å². The van der Waals surface area contributed by atoms with Gasteiger partial charge in [-0.3, -0.25) is 0 Å². The first-order valence-electron chi connectivity index (χ1n) is 8.31. The van der Waals surface area contributed by atoms with Gasteiger partial charge in [0, 0.05) is 18.3 Å². The summed E-state index contributed by atoms with van der Waals surface area (Å²) < 4.78 is 0. The van der Waals surface area contributed by atoms with E-state index in [0.717, 1.165) is 13.0 Å². The Bertz CT molecular complexity index is 299. The fourth-order valence-electron chi connectivity index (χ4n) is 2.55. The van der Waals surface area contributed by atoms with E-state index in [1.165, 1.54) is 25.0 Å². The van der Waals surface area contributed by atoms with Crippen LogP contribution in [0, 0.1) is 11.3 Å². The molecule has 1 heteroatoms. The Labute approximate surface area is 128 Å². The quantitative estimate of drug-likeness (QED) is 0.441. The Hall–Kier alpha value is -0.720. The van der Waals surface area contributed by atoms with E-state index >= 15 is 0 Å². The third-order valence-electron chi connectivity index (χ3n) is 4.56. The molecule has 0 aliphatic heterocycles. The van der Waals surface area contributed by atoms with Crippen molar-refractivity contribution in [2.45, 2.75) is 80.2 Å². The van der Waals surface area contributed by atoms with Crippen LogP contribution in [0.15, 0.2) is 24.4 Å². The zero-order valence-corrected chi connectivity index (χ0v) is 15.0. The summed E-state index contributed by atoms with van der Waals surface area (Å²) in [5, 5.41) is 0. The van der Waals surface area contributed by atoms with Crippen molar-refractivity contribution in [3.05, 3.63) is 24.4 Å². The molecule has 0 spiro atoms. The molecule has 0 aliphatic rings. The minimum Gasteiger partial charge on any atom is -0.373 e. The van der Waals surface area contributed by atoms with Crippen LogP contribution in [0.25, 0.3) is 0 Å². The molecule has 0 aliphatic carbocycles. The molecule has 0 saturated heterocycles. The zero-order valence-electron chi connectivity index (χ0n) is 15.0. The van der Waals surface area contributed by atoms with Crippen LogP contribution in [0.2, 0.25) is 0 Å². The van der Waals surface area contributed by atoms with Crippen molar-refractivity contribution < 1.29 is 0 Å². The van der Waals surface area contributed by atoms with E-state index in [0.29, 0.717) is 17.4 Å². The monoisotopic (exact) mass is 279 g/mol. The van der Waals surface area contributed by atoms with E-state index in [-0.39, 0.29) is 0 Å². The van der Waals surface area contributed by atoms with Crippen LogP contribution >= 0.6 is 0 Å². The Kier molecular flexibility index (Phi) is 8.93. The fraction of sp³-hybridized carbons (Fsp3) is 0.789. The third-order valence-corrected chi connectivity index (χ3v) is 4.56. The lowest BCUT2D eigenvalue weighted by Crippen LogP contribution is -2.38. The summed E-state index contributed by atoms with van der Waals surface area (Å²) in [6.45, 7) is 21.5. The molecular formula is C19H37N. The van der Waals surface area contributed by atoms with E-state index in [4.69, 9.17) is 0 Å². The van der Waals surface area contributed by atoms with Crippen LogP contribution in [0.1, 0.15) is 74.1 Å². The van der Waals surface area contributed by atoms with Crippen LogP contribution < -0.4 is 0 Å². The van der Waals surface area contributed by atoms with Gasteiger partial charge in [0.1, 0.15) is 0 Å². The summed E-state index contributed by atoms with van der Waals surface area (Å²) in [6.07, 6.45) is 9.18. The molecule has 0 amide bonds. The van der Waals surface area contributed by atoms with Gasteiger partial charge in [-0.15, -0.1) is 0 Å². The largest absolute Gasteiger partial charge is 0.373 e. The third kappa shape index (κ3) is 6.63. The van der Waals surface area contributed by atoms with Gasteiger partial charge in [0.15, 0.2) is 0 Å². The van der Waals surface area contributed by atoms with Crippen molar-refractivity contribution in [2.75, 3.05) is 6.54 Å². The second-order valence-corrected chi connectivity index (χ2v) is 7.06. The molecular weight excluding hydrogens is 242 g/mol. The Morgan fingerprint density at radius 2 is 1.85 bits per heavy atom. The summed E-state index contributed by atoms with van der Waals surface area (Å²) in [7, 11) is 0. The molecule has 1 atom stereocenters. The van der Waals surface area contributed by atoms with Gasteiger partial charge in [-0.25, -0.2) is 0 Å². The van der Waals surface area contributed by atoms with Crippen LogP contribution in [-0.2, 0) is 0 Å². The lowest BCUT2D eigenvalue weighted by molar-refractivity contribution is 0.141. The van der Waals surface area contributed by atoms with Crippen molar-refractivity contribution in [2.24, 2.45) is 11.3 Å². The number of nitrogens with zero attached hydrogens (tertiary/aromatic N) is 1. The van der Waals surface area contributed by atoms with Crippen LogP contribution in [0.3, 0.4) is 0 Å². The fourth-order valence-corrected chi connectivity index (χ4v) is 2.55. The lowest BCUT2D eigenvalue weighted by Gasteiger charge is -2.39. The smallest absolute Gasteiger partial charge is 0.0230 e. The zero-order chi connectivity index (χ0) is 15.8. The molecule has 0 aromatic rings. The molecule has 1 nitrogen and oxygen atoms in total. The molecule has 0 fully saturated rings. The van der Waals surface area contributed by atoms with Crippen LogP contribution in [0.4, 0.5) is 0 Å². The normalized spacial score (nSPS) is 14.0. The Balaban J connectivity index is 4.65. The van der Waals surface area contributed by atoms with E-state index in [2.05, 4.69) is 72.1 Å². The lowest BCUT2D eigenvalue weighted by atomic mass is 9.76. The molecule has 0 aromatic carbocycles. The molecule has 0 saturated carbocycles. The highest BCUT2D eigenvalue weighted by Gasteiger charge is 2.27. The number of rotatable bonds is 10. The standard InChI is InChI=1S/C19H37N/c1-9-11-12-14-19(7,8)17(5)15-20(16(3)4)18(6)13-10-2/h9,11,16-17H,6,10,12-15H2,1-5,7-8H3/b11-9+. The molecule has 20 heavy (non-hydrogen) atoms. The van der Waals surface area contributed by atoms with Gasteiger partial charge in [-0.05, 0) is 51.4 Å². The van der Waals surface area contributed by atoms with Crippen LogP contribution in [0.5, 0.6) is 0 Å². The van der Waals surface area contributed by atoms with E-state index in [1.807, 2.05) is 0 Å². The average Bonchev–Trinajstić information content (AvgIpc) is 2.35. The molecule has 1 unspecified atom stereocenters. The maximum Gasteiger partial charge on any atom is 0.0230 e. The van der Waals surface area contributed by atoms with Gasteiger partial charge < -0.3 is 4.90 Å². The maximum absolute atomic E-state index is 4.29. The van der Waals surface area contributed by atoms with Gasteiger partial charge in [-0.1, -0.05) is 52.8 Å². The summed E-state index contributed by atoms with van der Waals surface area (Å²) in [4.78, 5) is 2.51. The van der Waals surface area contributed by atoms with Crippen molar-refractivity contribution in [1.29, 1.82) is 0 Å². The van der Waals surface area contributed by atoms with Crippen molar-refractivity contribution in [3.8, 4) is 0 Å². The summed E-state index contributed by atoms with van der Waals surface area (Å²) in [5.74, 6) is 0.670. The van der Waals surface area contributed by atoms with Crippen molar-refractivity contribution in [3.63, 3.8) is 0 Å². The highest BCUT2D eigenvalue weighted by atomic mass is 15.2. The van der Waals surface area contributed by atoms with Crippen LogP contribution in [-0.4, -0.2) is 17.5 Å². The molecule has 0 bridgehead atoms. The highest BCUT2D eigenvalue weighted by molar-refractivity contribution is 4.97. The topological polar surface area (TPSA) is 3.24 Å². The van der Waals surface area contributed by atoms with Gasteiger partial charge >= 0.3 is 0 Å². The first-order valence-corrected chi connectivity index (χ1v) is 8.31. The average molecular weight is 280 g/mol. The first-order chi connectivity index (χ1) is 9.26. The predicted molar refractivity (Wildman–Crippen MR) is 92.9 cm³/mol. The maximum atomic E-state index is 4.29. The molecule has 118 valence electrons. The second kappa shape index (κ2) is 9.26. The van der Waals surface area contributed by atoms with Gasteiger partial charge in [0.2, 0.25) is 0 Å². The van der Waals surface area contributed by atoms with E-state index < -0.39 is 0 Å². The summed E-state index contributed by atoms with van der Waals surface area (Å²) in [6, 6.07) is 0.544. The van der Waals surface area contributed by atoms with E-state index in [1.54, 1.807) is 0 Å². The second-order valence-electron chi connectivity index (χ2n) is 7.06. The molecule has 0 rings (SSSR count). The highest BCUT2D eigenvalue weighted by Crippen LogP contribution is 2.33. The minimum atomic E-state index is 0.374. The van der Waals surface area contributed by atoms with Gasteiger partial charge in [0.05, 0.1) is 0 Å². The van der Waals surface area contributed by atoms with Crippen molar-refractivity contribution >= 4 is 0 Å². The first kappa shape index (κ1) is 19.3. The summed E-state index contributed by atoms with van der Waals surface area (Å²) >= 11 is 0. The number of allylic oxidation sites excluding steroid dienone is 3. The molecule has 0 radical (unpaired) electrons. The van der Waals surface area contributed by atoms with Gasteiger partial charge in [0.25, 0.3) is 0 Å². The molecule has 0 aromatic heterocycles. The van der Waals surface area contributed by atoms with Gasteiger partial charge in [-0.2, -0.15) is 0 Å². The Morgan fingerprint density at radius 1 is 1.25 bits per heavy atom.